The summed E-state index contributed by atoms with van der Waals surface area (Å²) in [5.74, 6) is -1.15. The van der Waals surface area contributed by atoms with E-state index in [9.17, 15) is 9.59 Å². The molecule has 0 spiro atoms. The molecule has 1 saturated heterocycles. The van der Waals surface area contributed by atoms with Crippen molar-refractivity contribution < 1.29 is 9.59 Å². The van der Waals surface area contributed by atoms with E-state index >= 15 is 0 Å². The van der Waals surface area contributed by atoms with E-state index < -0.39 is 11.8 Å². The summed E-state index contributed by atoms with van der Waals surface area (Å²) >= 11 is 0. The van der Waals surface area contributed by atoms with Crippen LogP contribution in [0.5, 0.6) is 0 Å². The van der Waals surface area contributed by atoms with Gasteiger partial charge in [0.25, 0.3) is 0 Å². The minimum Gasteiger partial charge on any atom is -0.374 e. The van der Waals surface area contributed by atoms with Crippen molar-refractivity contribution in [3.8, 4) is 0 Å². The number of piperidine rings is 1. The monoisotopic (exact) mass is 434 g/mol. The summed E-state index contributed by atoms with van der Waals surface area (Å²) in [5.41, 5.74) is 6.03. The summed E-state index contributed by atoms with van der Waals surface area (Å²) in [7, 11) is 2.13. The number of benzene rings is 2. The van der Waals surface area contributed by atoms with Crippen LogP contribution < -0.4 is 15.5 Å². The predicted molar refractivity (Wildman–Crippen MR) is 128 cm³/mol. The Morgan fingerprint density at radius 3 is 2.41 bits per heavy atom. The molecule has 2 N–H and O–H groups in total. The van der Waals surface area contributed by atoms with Crippen molar-refractivity contribution in [2.75, 3.05) is 38.1 Å². The molecule has 1 fully saturated rings. The Bertz CT molecular complexity index is 951. The molecule has 0 bridgehead atoms. The van der Waals surface area contributed by atoms with Gasteiger partial charge in [-0.2, -0.15) is 0 Å². The largest absolute Gasteiger partial charge is 0.374 e. The normalized spacial score (nSPS) is 17.0. The summed E-state index contributed by atoms with van der Waals surface area (Å²) in [4.78, 5) is 29.6. The minimum atomic E-state index is -0.585. The number of hydrogen-bond donors (Lipinski definition) is 2. The summed E-state index contributed by atoms with van der Waals surface area (Å²) in [6.45, 7) is 5.90. The van der Waals surface area contributed by atoms with Crippen LogP contribution >= 0.6 is 0 Å². The molecule has 2 aliphatic rings. The van der Waals surface area contributed by atoms with Crippen molar-refractivity contribution in [1.82, 2.24) is 15.5 Å². The molecule has 1 atom stereocenters. The summed E-state index contributed by atoms with van der Waals surface area (Å²) in [5, 5.41) is 5.63. The van der Waals surface area contributed by atoms with Crippen LogP contribution in [0.15, 0.2) is 42.5 Å². The average Bonchev–Trinajstić information content (AvgIpc) is 3.19. The van der Waals surface area contributed by atoms with Gasteiger partial charge in [-0.05, 0) is 62.0 Å². The molecule has 0 aliphatic carbocycles. The highest BCUT2D eigenvalue weighted by Crippen LogP contribution is 2.32. The molecule has 2 aliphatic heterocycles. The first-order valence-corrected chi connectivity index (χ1v) is 11.7. The van der Waals surface area contributed by atoms with Gasteiger partial charge in [-0.1, -0.05) is 48.4 Å². The Kier molecular flexibility index (Phi) is 7.10. The van der Waals surface area contributed by atoms with Gasteiger partial charge in [-0.15, -0.1) is 0 Å². The molecule has 0 aromatic heterocycles. The van der Waals surface area contributed by atoms with Gasteiger partial charge in [0.1, 0.15) is 0 Å². The van der Waals surface area contributed by atoms with Gasteiger partial charge in [0.2, 0.25) is 0 Å². The van der Waals surface area contributed by atoms with Crippen LogP contribution in [0.1, 0.15) is 47.6 Å². The maximum atomic E-state index is 12.5. The van der Waals surface area contributed by atoms with Gasteiger partial charge in [-0.25, -0.2) is 0 Å². The van der Waals surface area contributed by atoms with E-state index in [-0.39, 0.29) is 6.04 Å². The fraction of sp³-hybridized carbons (Fsp3) is 0.462. The number of likely N-dealkylation sites (N-methyl/N-ethyl adjacent to an activating group) is 1. The maximum Gasteiger partial charge on any atom is 0.309 e. The van der Waals surface area contributed by atoms with Crippen LogP contribution in [0.3, 0.4) is 0 Å². The predicted octanol–water partition coefficient (Wildman–Crippen LogP) is 2.95. The third-order valence-electron chi connectivity index (χ3n) is 6.68. The quantitative estimate of drug-likeness (QED) is 0.686. The number of carbonyl (C=O) groups excluding carboxylic acids is 2. The van der Waals surface area contributed by atoms with Crippen molar-refractivity contribution in [3.63, 3.8) is 0 Å². The summed E-state index contributed by atoms with van der Waals surface area (Å²) in [6, 6.07) is 14.7. The van der Waals surface area contributed by atoms with Gasteiger partial charge < -0.3 is 15.5 Å². The van der Waals surface area contributed by atoms with Crippen LogP contribution in [0.25, 0.3) is 0 Å². The van der Waals surface area contributed by atoms with E-state index in [2.05, 4.69) is 45.7 Å². The van der Waals surface area contributed by atoms with E-state index in [1.54, 1.807) is 0 Å². The number of amides is 2. The van der Waals surface area contributed by atoms with Gasteiger partial charge in [0.15, 0.2) is 0 Å². The van der Waals surface area contributed by atoms with Crippen molar-refractivity contribution in [3.05, 3.63) is 64.7 Å². The van der Waals surface area contributed by atoms with E-state index in [1.165, 1.54) is 41.6 Å². The fourth-order valence-electron chi connectivity index (χ4n) is 4.72. The third kappa shape index (κ3) is 5.30. The first-order valence-electron chi connectivity index (χ1n) is 11.7. The Balaban J connectivity index is 1.39. The van der Waals surface area contributed by atoms with Crippen LogP contribution in [-0.2, 0) is 22.6 Å². The Morgan fingerprint density at radius 1 is 0.938 bits per heavy atom. The molecule has 2 aromatic carbocycles. The topological polar surface area (TPSA) is 64.7 Å². The number of fused-ring (bicyclic) bond motifs is 1. The second-order valence-electron chi connectivity index (χ2n) is 9.05. The van der Waals surface area contributed by atoms with Gasteiger partial charge in [0, 0.05) is 32.4 Å². The highest BCUT2D eigenvalue weighted by molar-refractivity contribution is 6.35. The number of likely N-dealkylation sites (tertiary alicyclic amines) is 1. The molecular formula is C26H34N4O2. The molecule has 1 unspecified atom stereocenters. The van der Waals surface area contributed by atoms with Crippen molar-refractivity contribution in [2.45, 2.75) is 45.2 Å². The lowest BCUT2D eigenvalue weighted by atomic mass is 9.98. The smallest absolute Gasteiger partial charge is 0.309 e. The first kappa shape index (κ1) is 22.3. The second-order valence-corrected chi connectivity index (χ2v) is 9.05. The number of carbonyl (C=O) groups is 2. The number of aryl methyl sites for hydroxylation is 1. The molecular weight excluding hydrogens is 400 g/mol. The second kappa shape index (κ2) is 10.2. The molecule has 0 radical (unpaired) electrons. The molecule has 170 valence electrons. The van der Waals surface area contributed by atoms with Crippen molar-refractivity contribution in [2.24, 2.45) is 0 Å². The summed E-state index contributed by atoms with van der Waals surface area (Å²) < 4.78 is 0. The van der Waals surface area contributed by atoms with E-state index in [1.807, 2.05) is 31.2 Å². The number of rotatable bonds is 6. The van der Waals surface area contributed by atoms with Crippen molar-refractivity contribution >= 4 is 17.5 Å². The van der Waals surface area contributed by atoms with Crippen molar-refractivity contribution in [1.29, 1.82) is 0 Å². The fourth-order valence-corrected chi connectivity index (χ4v) is 4.72. The average molecular weight is 435 g/mol. The van der Waals surface area contributed by atoms with Gasteiger partial charge in [0.05, 0.1) is 6.04 Å². The molecule has 4 rings (SSSR count). The van der Waals surface area contributed by atoms with E-state index in [0.717, 1.165) is 31.6 Å². The lowest BCUT2D eigenvalue weighted by Crippen LogP contribution is -2.45. The van der Waals surface area contributed by atoms with Crippen LogP contribution in [0.4, 0.5) is 5.69 Å². The first-order chi connectivity index (χ1) is 15.5. The molecule has 6 heteroatoms. The number of nitrogens with one attached hydrogen (secondary N) is 2. The molecule has 32 heavy (non-hydrogen) atoms. The summed E-state index contributed by atoms with van der Waals surface area (Å²) in [6.07, 6.45) is 4.66. The zero-order chi connectivity index (χ0) is 22.5. The molecule has 2 amide bonds. The zero-order valence-corrected chi connectivity index (χ0v) is 19.2. The SMILES string of the molecule is Cc1ccc(CNC(=O)C(=O)NCC(c2ccc3c(c2)CCN3C)N2CCCCC2)cc1. The maximum absolute atomic E-state index is 12.5. The Morgan fingerprint density at radius 2 is 1.66 bits per heavy atom. The van der Waals surface area contributed by atoms with Gasteiger partial charge in [-0.3, -0.25) is 14.5 Å². The van der Waals surface area contributed by atoms with Crippen LogP contribution in [-0.4, -0.2) is 49.9 Å². The number of anilines is 1. The lowest BCUT2D eigenvalue weighted by Gasteiger charge is -2.35. The van der Waals surface area contributed by atoms with E-state index in [0.29, 0.717) is 13.1 Å². The van der Waals surface area contributed by atoms with Crippen LogP contribution in [0.2, 0.25) is 0 Å². The lowest BCUT2D eigenvalue weighted by molar-refractivity contribution is -0.139. The van der Waals surface area contributed by atoms with E-state index in [4.69, 9.17) is 0 Å². The minimum absolute atomic E-state index is 0.0837. The molecule has 0 saturated carbocycles. The Labute approximate surface area is 191 Å². The zero-order valence-electron chi connectivity index (χ0n) is 19.2. The highest BCUT2D eigenvalue weighted by Gasteiger charge is 2.26. The standard InChI is InChI=1S/C26H34N4O2/c1-19-6-8-20(9-7-19)17-27-25(31)26(32)28-18-24(30-13-4-3-5-14-30)21-10-11-23-22(16-21)12-15-29(23)2/h6-11,16,24H,3-5,12-15,17-18H2,1-2H3,(H,27,31)(H,28,32). The number of hydrogen-bond acceptors (Lipinski definition) is 4. The molecule has 2 heterocycles. The van der Waals surface area contributed by atoms with Crippen LogP contribution in [0, 0.1) is 6.92 Å². The molecule has 2 aromatic rings. The Hall–Kier alpha value is -2.86. The number of nitrogens with zero attached hydrogens (tertiary/aromatic N) is 2. The molecule has 6 nitrogen and oxygen atoms in total. The highest BCUT2D eigenvalue weighted by atomic mass is 16.2. The third-order valence-corrected chi connectivity index (χ3v) is 6.68. The van der Waals surface area contributed by atoms with Gasteiger partial charge >= 0.3 is 11.8 Å².